The van der Waals surface area contributed by atoms with Crippen LogP contribution in [0.5, 0.6) is 0 Å². The third kappa shape index (κ3) is 2.99. The van der Waals surface area contributed by atoms with Crippen molar-refractivity contribution in [3.63, 3.8) is 0 Å². The van der Waals surface area contributed by atoms with Crippen LogP contribution in [0.1, 0.15) is 5.69 Å². The van der Waals surface area contributed by atoms with E-state index in [0.29, 0.717) is 10.7 Å². The van der Waals surface area contributed by atoms with Gasteiger partial charge in [0.05, 0.1) is 11.1 Å². The summed E-state index contributed by atoms with van der Waals surface area (Å²) in [4.78, 5) is 14.5. The van der Waals surface area contributed by atoms with E-state index >= 15 is 0 Å². The van der Waals surface area contributed by atoms with Crippen LogP contribution in [0.25, 0.3) is 11.6 Å². The topological polar surface area (TPSA) is 68.0 Å². The van der Waals surface area contributed by atoms with Gasteiger partial charge in [0.25, 0.3) is 0 Å². The highest BCUT2D eigenvalue weighted by atomic mass is 79.9. The van der Waals surface area contributed by atoms with E-state index in [9.17, 15) is 9.18 Å². The summed E-state index contributed by atoms with van der Waals surface area (Å²) in [5, 5.41) is 12.8. The third-order valence-electron chi connectivity index (χ3n) is 2.11. The summed E-state index contributed by atoms with van der Waals surface area (Å²) in [6.45, 7) is 0. The SMILES string of the molecule is O=C(O)/C=C(\F)c1cc(Br)nn1-c1ncccc1Cl. The molecular weight excluding hydrogens is 340 g/mol. The normalized spacial score (nSPS) is 11.6. The maximum Gasteiger partial charge on any atom is 0.331 e. The van der Waals surface area contributed by atoms with Crippen molar-refractivity contribution in [2.45, 2.75) is 0 Å². The zero-order chi connectivity index (χ0) is 14.0. The van der Waals surface area contributed by atoms with Crippen LogP contribution in [0.3, 0.4) is 0 Å². The Balaban J connectivity index is 2.60. The summed E-state index contributed by atoms with van der Waals surface area (Å²) in [7, 11) is 0. The van der Waals surface area contributed by atoms with Gasteiger partial charge in [0, 0.05) is 12.3 Å². The molecule has 0 radical (unpaired) electrons. The van der Waals surface area contributed by atoms with E-state index in [-0.39, 0.29) is 16.5 Å². The number of carbonyl (C=O) groups is 1. The summed E-state index contributed by atoms with van der Waals surface area (Å²) in [6.07, 6.45) is 1.91. The minimum atomic E-state index is -1.39. The molecule has 98 valence electrons. The van der Waals surface area contributed by atoms with E-state index in [1.54, 1.807) is 12.1 Å². The Labute approximate surface area is 120 Å². The lowest BCUT2D eigenvalue weighted by Crippen LogP contribution is -2.04. The fourth-order valence-corrected chi connectivity index (χ4v) is 1.98. The molecule has 1 N–H and O–H groups in total. The largest absolute Gasteiger partial charge is 0.478 e. The molecule has 0 atom stereocenters. The lowest BCUT2D eigenvalue weighted by Gasteiger charge is -2.05. The molecule has 0 saturated heterocycles. The Kier molecular flexibility index (Phi) is 3.96. The summed E-state index contributed by atoms with van der Waals surface area (Å²) >= 11 is 9.05. The number of pyridine rings is 1. The van der Waals surface area contributed by atoms with Crippen LogP contribution < -0.4 is 0 Å². The van der Waals surface area contributed by atoms with Gasteiger partial charge < -0.3 is 5.11 Å². The maximum atomic E-state index is 13.8. The molecule has 0 amide bonds. The summed E-state index contributed by atoms with van der Waals surface area (Å²) in [5.74, 6) is -2.14. The van der Waals surface area contributed by atoms with E-state index < -0.39 is 11.8 Å². The molecule has 0 aliphatic heterocycles. The van der Waals surface area contributed by atoms with Gasteiger partial charge in [-0.2, -0.15) is 5.10 Å². The molecule has 0 aromatic carbocycles. The minimum Gasteiger partial charge on any atom is -0.478 e. The molecule has 5 nitrogen and oxygen atoms in total. The standard InChI is InChI=1S/C11H6BrClFN3O2/c12-9-5-8(7(14)4-10(18)19)17(16-9)11-6(13)2-1-3-15-11/h1-5H,(H,18,19)/b7-4-. The van der Waals surface area contributed by atoms with Crippen molar-refractivity contribution in [2.75, 3.05) is 0 Å². The second kappa shape index (κ2) is 5.50. The van der Waals surface area contributed by atoms with Gasteiger partial charge in [0.1, 0.15) is 10.3 Å². The second-order valence-corrected chi connectivity index (χ2v) is 4.62. The molecule has 2 heterocycles. The molecular formula is C11H6BrClFN3O2. The van der Waals surface area contributed by atoms with Crippen molar-refractivity contribution in [3.8, 4) is 5.82 Å². The number of halogens is 3. The van der Waals surface area contributed by atoms with E-state index in [4.69, 9.17) is 16.7 Å². The van der Waals surface area contributed by atoms with Gasteiger partial charge in [-0.05, 0) is 28.1 Å². The molecule has 8 heteroatoms. The van der Waals surface area contributed by atoms with Crippen LogP contribution in [0.15, 0.2) is 35.1 Å². The zero-order valence-electron chi connectivity index (χ0n) is 9.22. The number of aromatic nitrogens is 3. The van der Waals surface area contributed by atoms with E-state index in [0.717, 1.165) is 4.68 Å². The molecule has 2 rings (SSSR count). The summed E-state index contributed by atoms with van der Waals surface area (Å²) < 4.78 is 15.3. The van der Waals surface area contributed by atoms with Crippen molar-refractivity contribution >= 4 is 39.3 Å². The molecule has 2 aromatic heterocycles. The Morgan fingerprint density at radius 2 is 2.32 bits per heavy atom. The van der Waals surface area contributed by atoms with E-state index in [1.165, 1.54) is 12.3 Å². The predicted octanol–water partition coefficient (Wildman–Crippen LogP) is 3.08. The van der Waals surface area contributed by atoms with Gasteiger partial charge in [-0.15, -0.1) is 0 Å². The smallest absolute Gasteiger partial charge is 0.331 e. The number of rotatable bonds is 3. The molecule has 0 fully saturated rings. The third-order valence-corrected chi connectivity index (χ3v) is 2.80. The lowest BCUT2D eigenvalue weighted by atomic mass is 10.3. The van der Waals surface area contributed by atoms with Gasteiger partial charge in [-0.1, -0.05) is 11.6 Å². The van der Waals surface area contributed by atoms with Gasteiger partial charge in [-0.25, -0.2) is 18.9 Å². The van der Waals surface area contributed by atoms with Gasteiger partial charge in [-0.3, -0.25) is 0 Å². The molecule has 2 aromatic rings. The van der Waals surface area contributed by atoms with Crippen LogP contribution in [-0.4, -0.2) is 25.8 Å². The van der Waals surface area contributed by atoms with Crippen LogP contribution in [-0.2, 0) is 4.79 Å². The first-order valence-electron chi connectivity index (χ1n) is 4.96. The Morgan fingerprint density at radius 1 is 1.58 bits per heavy atom. The summed E-state index contributed by atoms with van der Waals surface area (Å²) in [5.41, 5.74) is -0.0603. The van der Waals surface area contributed by atoms with Crippen LogP contribution in [0, 0.1) is 0 Å². The first kappa shape index (κ1) is 13.7. The fourth-order valence-electron chi connectivity index (χ4n) is 1.40. The van der Waals surface area contributed by atoms with E-state index in [1.807, 2.05) is 0 Å². The number of hydrogen-bond donors (Lipinski definition) is 1. The highest BCUT2D eigenvalue weighted by Crippen LogP contribution is 2.26. The Morgan fingerprint density at radius 3 is 2.95 bits per heavy atom. The molecule has 19 heavy (non-hydrogen) atoms. The quantitative estimate of drug-likeness (QED) is 0.867. The van der Waals surface area contributed by atoms with Crippen molar-refractivity contribution < 1.29 is 14.3 Å². The average Bonchev–Trinajstić information content (AvgIpc) is 2.71. The number of aliphatic carboxylic acids is 1. The zero-order valence-corrected chi connectivity index (χ0v) is 11.6. The molecule has 0 unspecified atom stereocenters. The molecule has 0 aliphatic carbocycles. The van der Waals surface area contributed by atoms with Crippen LogP contribution in [0.2, 0.25) is 5.02 Å². The summed E-state index contributed by atoms with van der Waals surface area (Å²) in [6, 6.07) is 4.52. The van der Waals surface area contributed by atoms with E-state index in [2.05, 4.69) is 26.0 Å². The van der Waals surface area contributed by atoms with Crippen molar-refractivity contribution in [2.24, 2.45) is 0 Å². The number of carboxylic acid groups (broad SMARTS) is 1. The van der Waals surface area contributed by atoms with Crippen LogP contribution >= 0.6 is 27.5 Å². The Bertz CT molecular complexity index is 672. The number of carboxylic acids is 1. The minimum absolute atomic E-state index is 0.0603. The highest BCUT2D eigenvalue weighted by Gasteiger charge is 2.16. The molecule has 0 bridgehead atoms. The number of hydrogen-bond acceptors (Lipinski definition) is 3. The van der Waals surface area contributed by atoms with Gasteiger partial charge >= 0.3 is 5.97 Å². The first-order chi connectivity index (χ1) is 8.99. The van der Waals surface area contributed by atoms with Crippen molar-refractivity contribution in [1.29, 1.82) is 0 Å². The Hall–Kier alpha value is -1.73. The number of nitrogens with zero attached hydrogens (tertiary/aromatic N) is 3. The first-order valence-corrected chi connectivity index (χ1v) is 6.13. The van der Waals surface area contributed by atoms with Crippen molar-refractivity contribution in [3.05, 3.63) is 45.8 Å². The second-order valence-electron chi connectivity index (χ2n) is 3.40. The highest BCUT2D eigenvalue weighted by molar-refractivity contribution is 9.10. The maximum absolute atomic E-state index is 13.8. The van der Waals surface area contributed by atoms with Gasteiger partial charge in [0.15, 0.2) is 11.6 Å². The fraction of sp³-hybridized carbons (Fsp3) is 0. The average molecular weight is 347 g/mol. The molecule has 0 saturated carbocycles. The lowest BCUT2D eigenvalue weighted by molar-refractivity contribution is -0.131. The molecule has 0 spiro atoms. The molecule has 0 aliphatic rings. The van der Waals surface area contributed by atoms with Crippen LogP contribution in [0.4, 0.5) is 4.39 Å². The monoisotopic (exact) mass is 345 g/mol. The predicted molar refractivity (Wildman–Crippen MR) is 70.8 cm³/mol. The van der Waals surface area contributed by atoms with Gasteiger partial charge in [0.2, 0.25) is 0 Å². The van der Waals surface area contributed by atoms with Crippen molar-refractivity contribution in [1.82, 2.24) is 14.8 Å².